The first-order valence-electron chi connectivity index (χ1n) is 3.86. The molecule has 2 nitrogen and oxygen atoms in total. The summed E-state index contributed by atoms with van der Waals surface area (Å²) in [4.78, 5) is 0. The van der Waals surface area contributed by atoms with Gasteiger partial charge in [-0.1, -0.05) is 13.0 Å². The van der Waals surface area contributed by atoms with Crippen molar-refractivity contribution in [3.63, 3.8) is 0 Å². The Labute approximate surface area is 61.9 Å². The van der Waals surface area contributed by atoms with Gasteiger partial charge in [-0.05, 0) is 25.0 Å². The van der Waals surface area contributed by atoms with Crippen molar-refractivity contribution in [1.82, 2.24) is 5.32 Å². The lowest BCUT2D eigenvalue weighted by Crippen LogP contribution is -2.36. The van der Waals surface area contributed by atoms with Crippen molar-refractivity contribution in [2.75, 3.05) is 13.2 Å². The second-order valence-electron chi connectivity index (χ2n) is 2.82. The van der Waals surface area contributed by atoms with Gasteiger partial charge in [0.1, 0.15) is 0 Å². The van der Waals surface area contributed by atoms with Gasteiger partial charge in [-0.2, -0.15) is 0 Å². The van der Waals surface area contributed by atoms with E-state index < -0.39 is 0 Å². The largest absolute Gasteiger partial charge is 0.392 e. The average Bonchev–Trinajstić information content (AvgIpc) is 2.05. The van der Waals surface area contributed by atoms with E-state index in [4.69, 9.17) is 5.11 Å². The summed E-state index contributed by atoms with van der Waals surface area (Å²) in [5.41, 5.74) is 0.930. The number of hydrogen-bond donors (Lipinski definition) is 2. The van der Waals surface area contributed by atoms with E-state index in [9.17, 15) is 0 Å². The van der Waals surface area contributed by atoms with Crippen LogP contribution in [0.25, 0.3) is 0 Å². The first-order valence-corrected chi connectivity index (χ1v) is 3.86. The lowest BCUT2D eigenvalue weighted by molar-refractivity contribution is 0.306. The fourth-order valence-corrected chi connectivity index (χ4v) is 1.31. The fourth-order valence-electron chi connectivity index (χ4n) is 1.31. The van der Waals surface area contributed by atoms with E-state index in [-0.39, 0.29) is 6.61 Å². The smallest absolute Gasteiger partial charge is 0.0654 e. The zero-order valence-electron chi connectivity index (χ0n) is 6.27. The van der Waals surface area contributed by atoms with E-state index >= 15 is 0 Å². The third-order valence-electron chi connectivity index (χ3n) is 2.01. The molecule has 2 N–H and O–H groups in total. The van der Waals surface area contributed by atoms with Crippen LogP contribution in [0.4, 0.5) is 0 Å². The number of hydrogen-bond acceptors (Lipinski definition) is 2. The summed E-state index contributed by atoms with van der Waals surface area (Å²) >= 11 is 0. The number of nitrogens with one attached hydrogen (secondary N) is 1. The topological polar surface area (TPSA) is 32.3 Å². The van der Waals surface area contributed by atoms with Gasteiger partial charge < -0.3 is 10.4 Å². The minimum atomic E-state index is 0.123. The van der Waals surface area contributed by atoms with E-state index in [0.29, 0.717) is 6.04 Å². The second kappa shape index (κ2) is 3.74. The summed E-state index contributed by atoms with van der Waals surface area (Å²) in [6.07, 6.45) is 3.66. The van der Waals surface area contributed by atoms with E-state index in [1.54, 1.807) is 0 Å². The maximum atomic E-state index is 8.75. The monoisotopic (exact) mass is 141 g/mol. The highest BCUT2D eigenvalue weighted by molar-refractivity contribution is 5.06. The van der Waals surface area contributed by atoms with Crippen LogP contribution < -0.4 is 5.32 Å². The predicted octanol–water partition coefficient (Wildman–Crippen LogP) is 0.677. The molecule has 0 radical (unpaired) electrons. The van der Waals surface area contributed by atoms with E-state index in [0.717, 1.165) is 18.5 Å². The highest BCUT2D eigenvalue weighted by Gasteiger charge is 2.13. The first kappa shape index (κ1) is 7.76. The molecule has 0 amide bonds. The minimum absolute atomic E-state index is 0.123. The summed E-state index contributed by atoms with van der Waals surface area (Å²) in [7, 11) is 0. The predicted molar refractivity (Wildman–Crippen MR) is 41.9 cm³/mol. The molecule has 0 bridgehead atoms. The molecule has 10 heavy (non-hydrogen) atoms. The zero-order valence-corrected chi connectivity index (χ0v) is 6.27. The number of aliphatic hydroxyl groups is 1. The van der Waals surface area contributed by atoms with Crippen molar-refractivity contribution in [1.29, 1.82) is 0 Å². The molecular weight excluding hydrogens is 126 g/mol. The highest BCUT2D eigenvalue weighted by atomic mass is 16.3. The van der Waals surface area contributed by atoms with Gasteiger partial charge in [0, 0.05) is 6.04 Å². The Morgan fingerprint density at radius 2 is 2.40 bits per heavy atom. The van der Waals surface area contributed by atoms with Crippen molar-refractivity contribution in [3.05, 3.63) is 12.2 Å². The molecule has 0 aromatic carbocycles. The number of aliphatic hydroxyl groups excluding tert-OH is 1. The molecule has 1 aliphatic rings. The van der Waals surface area contributed by atoms with E-state index in [2.05, 4.69) is 11.9 Å². The maximum Gasteiger partial charge on any atom is 0.0654 e. The van der Waals surface area contributed by atoms with Gasteiger partial charge in [0.15, 0.2) is 0 Å². The Bertz CT molecular complexity index is 116. The minimum Gasteiger partial charge on any atom is -0.392 e. The van der Waals surface area contributed by atoms with Crippen LogP contribution in [0.5, 0.6) is 0 Å². The van der Waals surface area contributed by atoms with Crippen LogP contribution in [0.1, 0.15) is 19.3 Å². The quantitative estimate of drug-likeness (QED) is 0.554. The summed E-state index contributed by atoms with van der Waals surface area (Å²) in [6, 6.07) is 0.374. The van der Waals surface area contributed by atoms with Crippen molar-refractivity contribution >= 4 is 0 Å². The number of piperidine rings is 1. The Balaban J connectivity index is 2.31. The van der Waals surface area contributed by atoms with Gasteiger partial charge in [-0.3, -0.25) is 0 Å². The molecule has 1 unspecified atom stereocenters. The molecule has 1 fully saturated rings. The van der Waals surface area contributed by atoms with Gasteiger partial charge >= 0.3 is 0 Å². The van der Waals surface area contributed by atoms with Crippen LogP contribution in [-0.4, -0.2) is 24.3 Å². The molecule has 1 atom stereocenters. The third kappa shape index (κ3) is 1.82. The van der Waals surface area contributed by atoms with Gasteiger partial charge in [0.2, 0.25) is 0 Å². The Morgan fingerprint density at radius 1 is 1.60 bits per heavy atom. The van der Waals surface area contributed by atoms with Gasteiger partial charge in [-0.25, -0.2) is 0 Å². The zero-order chi connectivity index (χ0) is 7.40. The van der Waals surface area contributed by atoms with Crippen LogP contribution >= 0.6 is 0 Å². The Hall–Kier alpha value is -0.340. The fraction of sp³-hybridized carbons (Fsp3) is 0.750. The Morgan fingerprint density at radius 3 is 2.90 bits per heavy atom. The first-order chi connectivity index (χ1) is 4.84. The molecule has 1 heterocycles. The lowest BCUT2D eigenvalue weighted by atomic mass is 9.99. The summed E-state index contributed by atoms with van der Waals surface area (Å²) in [5.74, 6) is 0. The van der Waals surface area contributed by atoms with E-state index in [1.807, 2.05) is 0 Å². The third-order valence-corrected chi connectivity index (χ3v) is 2.01. The van der Waals surface area contributed by atoms with Crippen LogP contribution in [0, 0.1) is 0 Å². The summed E-state index contributed by atoms with van der Waals surface area (Å²) < 4.78 is 0. The lowest BCUT2D eigenvalue weighted by Gasteiger charge is -2.24. The second-order valence-corrected chi connectivity index (χ2v) is 2.82. The molecule has 1 aliphatic heterocycles. The normalized spacial score (nSPS) is 26.3. The number of rotatable bonds is 2. The van der Waals surface area contributed by atoms with Crippen LogP contribution in [-0.2, 0) is 0 Å². The maximum absolute atomic E-state index is 8.75. The Kier molecular flexibility index (Phi) is 2.90. The van der Waals surface area contributed by atoms with Gasteiger partial charge in [0.25, 0.3) is 0 Å². The standard InChI is InChI=1S/C8H15NO/c1-7(6-10)8-4-2-3-5-9-8/h8-10H,1-6H2. The van der Waals surface area contributed by atoms with Crippen LogP contribution in [0.15, 0.2) is 12.2 Å². The molecule has 0 aliphatic carbocycles. The molecule has 0 aromatic heterocycles. The average molecular weight is 141 g/mol. The molecule has 2 heteroatoms. The van der Waals surface area contributed by atoms with E-state index in [1.165, 1.54) is 12.8 Å². The molecule has 0 saturated carbocycles. The SMILES string of the molecule is C=C(CO)C1CCCCN1. The molecule has 58 valence electrons. The summed E-state index contributed by atoms with van der Waals surface area (Å²) in [5, 5.41) is 12.1. The molecular formula is C8H15NO. The van der Waals surface area contributed by atoms with Crippen molar-refractivity contribution in [3.8, 4) is 0 Å². The van der Waals surface area contributed by atoms with Crippen LogP contribution in [0.3, 0.4) is 0 Å². The summed E-state index contributed by atoms with van der Waals surface area (Å²) in [6.45, 7) is 4.98. The van der Waals surface area contributed by atoms with Crippen molar-refractivity contribution in [2.24, 2.45) is 0 Å². The highest BCUT2D eigenvalue weighted by Crippen LogP contribution is 2.12. The molecule has 1 saturated heterocycles. The van der Waals surface area contributed by atoms with Crippen LogP contribution in [0.2, 0.25) is 0 Å². The molecule has 1 rings (SSSR count). The molecule has 0 spiro atoms. The van der Waals surface area contributed by atoms with Gasteiger partial charge in [-0.15, -0.1) is 0 Å². The van der Waals surface area contributed by atoms with Crippen molar-refractivity contribution < 1.29 is 5.11 Å². The van der Waals surface area contributed by atoms with Crippen molar-refractivity contribution in [2.45, 2.75) is 25.3 Å². The van der Waals surface area contributed by atoms with Gasteiger partial charge in [0.05, 0.1) is 6.61 Å². The molecule has 0 aromatic rings.